The Hall–Kier alpha value is -6.08. The van der Waals surface area contributed by atoms with Gasteiger partial charge in [-0.2, -0.15) is 0 Å². The zero-order chi connectivity index (χ0) is 38.4. The van der Waals surface area contributed by atoms with Crippen LogP contribution in [-0.2, 0) is 25.4 Å². The fourth-order valence-corrected chi connectivity index (χ4v) is 6.30. The summed E-state index contributed by atoms with van der Waals surface area (Å²) in [5.41, 5.74) is 4.63. The molecule has 0 saturated carbocycles. The molecule has 0 aromatic heterocycles. The molecule has 1 saturated heterocycles. The second-order valence-corrected chi connectivity index (χ2v) is 13.5. The number of carbonyl (C=O) groups is 1. The van der Waals surface area contributed by atoms with E-state index in [1.807, 2.05) is 85.8 Å². The summed E-state index contributed by atoms with van der Waals surface area (Å²) >= 11 is 0. The summed E-state index contributed by atoms with van der Waals surface area (Å²) in [5, 5.41) is 11.7. The van der Waals surface area contributed by atoms with Gasteiger partial charge in [-0.05, 0) is 106 Å². The predicted octanol–water partition coefficient (Wildman–Crippen LogP) is 9.90. The van der Waals surface area contributed by atoms with Gasteiger partial charge in [0.2, 0.25) is 0 Å². The molecule has 0 bridgehead atoms. The molecule has 1 unspecified atom stereocenters. The van der Waals surface area contributed by atoms with Crippen LogP contribution in [0.15, 0.2) is 103 Å². The fraction of sp³-hybridized carbons (Fsp3) is 0.217. The molecule has 9 heteroatoms. The van der Waals surface area contributed by atoms with Gasteiger partial charge in [0.15, 0.2) is 0 Å². The van der Waals surface area contributed by atoms with E-state index in [1.165, 1.54) is 18.3 Å². The molecule has 0 amide bonds. The molecule has 55 heavy (non-hydrogen) atoms. The summed E-state index contributed by atoms with van der Waals surface area (Å²) in [7, 11) is 0. The van der Waals surface area contributed by atoms with E-state index in [-0.39, 0.29) is 24.4 Å². The first kappa shape index (κ1) is 37.2. The number of benzene rings is 6. The van der Waals surface area contributed by atoms with Gasteiger partial charge in [0.05, 0.1) is 38.6 Å². The molecule has 7 nitrogen and oxygen atoms in total. The molecule has 1 aliphatic heterocycles. The van der Waals surface area contributed by atoms with Gasteiger partial charge in [-0.1, -0.05) is 72.5 Å². The molecule has 1 N–H and O–H groups in total. The van der Waals surface area contributed by atoms with Gasteiger partial charge in [0.25, 0.3) is 0 Å². The monoisotopic (exact) mass is 739 g/mol. The maximum atomic E-state index is 15.5. The van der Waals surface area contributed by atoms with Crippen LogP contribution in [0.1, 0.15) is 36.1 Å². The molecule has 0 spiro atoms. The van der Waals surface area contributed by atoms with Gasteiger partial charge in [-0.15, -0.1) is 0 Å². The third kappa shape index (κ3) is 9.01. The number of rotatable bonds is 13. The third-order valence-electron chi connectivity index (χ3n) is 9.40. The lowest BCUT2D eigenvalue weighted by Crippen LogP contribution is -2.17. The van der Waals surface area contributed by atoms with Crippen LogP contribution in [0, 0.1) is 28.9 Å². The first-order valence-corrected chi connectivity index (χ1v) is 18.1. The minimum absolute atomic E-state index is 0.168. The number of hydrogen-bond donors (Lipinski definition) is 1. The van der Waals surface area contributed by atoms with E-state index in [9.17, 15) is 4.79 Å². The van der Waals surface area contributed by atoms with Crippen LogP contribution in [0.4, 0.5) is 13.6 Å². The predicted molar refractivity (Wildman–Crippen MR) is 210 cm³/mol. The maximum absolute atomic E-state index is 15.5. The molecular weight excluding hydrogens is 701 g/mol. The van der Waals surface area contributed by atoms with E-state index in [0.29, 0.717) is 60.9 Å². The van der Waals surface area contributed by atoms with Gasteiger partial charge < -0.3 is 29.1 Å². The number of carbonyl (C=O) groups excluding carboxylic acids is 1. The Morgan fingerprint density at radius 2 is 1.53 bits per heavy atom. The van der Waals surface area contributed by atoms with E-state index < -0.39 is 17.8 Å². The zero-order valence-corrected chi connectivity index (χ0v) is 30.5. The van der Waals surface area contributed by atoms with Crippen molar-refractivity contribution in [2.24, 2.45) is 0 Å². The second kappa shape index (κ2) is 16.5. The lowest BCUT2D eigenvalue weighted by molar-refractivity contribution is 0.0599. The van der Waals surface area contributed by atoms with Crippen LogP contribution in [0.3, 0.4) is 0 Å². The summed E-state index contributed by atoms with van der Waals surface area (Å²) in [5.74, 6) is 4.72. The average molecular weight is 740 g/mol. The van der Waals surface area contributed by atoms with Crippen LogP contribution < -0.4 is 4.74 Å². The number of nitrogens with one attached hydrogen (secondary N) is 1. The number of epoxide rings is 1. The Balaban J connectivity index is 1.02. The van der Waals surface area contributed by atoms with Crippen molar-refractivity contribution in [1.29, 1.82) is 5.41 Å². The normalized spacial score (nSPS) is 14.6. The Morgan fingerprint density at radius 1 is 0.800 bits per heavy atom. The van der Waals surface area contributed by atoms with Crippen molar-refractivity contribution in [3.63, 3.8) is 0 Å². The van der Waals surface area contributed by atoms with Crippen LogP contribution >= 0.6 is 0 Å². The molecule has 0 aliphatic carbocycles. The second-order valence-electron chi connectivity index (χ2n) is 13.5. The van der Waals surface area contributed by atoms with Crippen molar-refractivity contribution in [3.05, 3.63) is 137 Å². The highest BCUT2D eigenvalue weighted by Gasteiger charge is 2.39. The molecular formula is C46H39F2NO6. The van der Waals surface area contributed by atoms with E-state index in [2.05, 4.69) is 17.9 Å². The highest BCUT2D eigenvalue weighted by atomic mass is 19.1. The molecule has 0 radical (unpaired) electrons. The molecule has 278 valence electrons. The van der Waals surface area contributed by atoms with Crippen molar-refractivity contribution < 1.29 is 37.3 Å². The lowest BCUT2D eigenvalue weighted by atomic mass is 9.93. The van der Waals surface area contributed by atoms with Crippen molar-refractivity contribution in [2.45, 2.75) is 25.9 Å². The van der Waals surface area contributed by atoms with Crippen LogP contribution in [-0.4, -0.2) is 57.6 Å². The standard InChI is InChI=1S/C46H39F2NO6/c1-3-52-45(50)54-19-18-30-4-8-32(9-5-30)34-12-11-33-22-31(6-10-35(33)23-34)7-15-41-43(47)25-37(26-44(41)48)40-16-13-36-24-38(14-17-39(36)42(40)27-49)53-21-20-51-28-46(2)29-55-46/h4-6,8-14,16-17,22-27,49H,3,18-21,28-29H2,1-2H3. The summed E-state index contributed by atoms with van der Waals surface area (Å²) in [6.45, 7) is 6.30. The zero-order valence-electron chi connectivity index (χ0n) is 30.5. The van der Waals surface area contributed by atoms with E-state index in [0.717, 1.165) is 38.2 Å². The molecule has 1 aliphatic rings. The first-order valence-electron chi connectivity index (χ1n) is 18.1. The molecule has 1 atom stereocenters. The number of ether oxygens (including phenoxy) is 5. The van der Waals surface area contributed by atoms with E-state index in [4.69, 9.17) is 29.1 Å². The Morgan fingerprint density at radius 3 is 2.27 bits per heavy atom. The smallest absolute Gasteiger partial charge is 0.491 e. The van der Waals surface area contributed by atoms with Gasteiger partial charge >= 0.3 is 6.16 Å². The summed E-state index contributed by atoms with van der Waals surface area (Å²) in [4.78, 5) is 11.4. The largest absolute Gasteiger partial charge is 0.508 e. The number of halogens is 2. The topological polar surface area (TPSA) is 90.4 Å². The van der Waals surface area contributed by atoms with Crippen LogP contribution in [0.25, 0.3) is 43.8 Å². The summed E-state index contributed by atoms with van der Waals surface area (Å²) < 4.78 is 57.6. The van der Waals surface area contributed by atoms with Gasteiger partial charge in [0, 0.05) is 23.8 Å². The quantitative estimate of drug-likeness (QED) is 0.0417. The highest BCUT2D eigenvalue weighted by Crippen LogP contribution is 2.33. The van der Waals surface area contributed by atoms with Crippen LogP contribution in [0.2, 0.25) is 0 Å². The number of fused-ring (bicyclic) bond motifs is 2. The van der Waals surface area contributed by atoms with Crippen molar-refractivity contribution in [2.75, 3.05) is 39.6 Å². The van der Waals surface area contributed by atoms with E-state index in [1.54, 1.807) is 13.0 Å². The first-order chi connectivity index (χ1) is 26.7. The molecule has 6 aromatic carbocycles. The SMILES string of the molecule is CCOC(=O)OCCc1ccc(-c2ccc3cc(C#Cc4c(F)cc(-c5ccc6cc(OCCOCC7(C)CO7)ccc6c5C=N)cc4F)ccc3c2)cc1. The minimum atomic E-state index is -0.783. The third-order valence-corrected chi connectivity index (χ3v) is 9.40. The van der Waals surface area contributed by atoms with Gasteiger partial charge in [-0.25, -0.2) is 13.6 Å². The minimum Gasteiger partial charge on any atom is -0.491 e. The molecule has 7 rings (SSSR count). The van der Waals surface area contributed by atoms with Gasteiger partial charge in [0.1, 0.15) is 29.6 Å². The molecule has 1 fully saturated rings. The average Bonchev–Trinajstić information content (AvgIpc) is 3.93. The highest BCUT2D eigenvalue weighted by molar-refractivity contribution is 6.05. The molecule has 6 aromatic rings. The van der Waals surface area contributed by atoms with Crippen molar-refractivity contribution in [1.82, 2.24) is 0 Å². The fourth-order valence-electron chi connectivity index (χ4n) is 6.30. The van der Waals surface area contributed by atoms with E-state index >= 15 is 8.78 Å². The summed E-state index contributed by atoms with van der Waals surface area (Å²) in [6.07, 6.45) is 1.12. The summed E-state index contributed by atoms with van der Waals surface area (Å²) in [6, 6.07) is 31.5. The van der Waals surface area contributed by atoms with Crippen molar-refractivity contribution >= 4 is 33.9 Å². The molecule has 1 heterocycles. The van der Waals surface area contributed by atoms with Crippen molar-refractivity contribution in [3.8, 4) is 39.8 Å². The van der Waals surface area contributed by atoms with Gasteiger partial charge in [-0.3, -0.25) is 0 Å². The Bertz CT molecular complexity index is 2420. The van der Waals surface area contributed by atoms with Crippen LogP contribution in [0.5, 0.6) is 5.75 Å². The maximum Gasteiger partial charge on any atom is 0.508 e. The Kier molecular flexibility index (Phi) is 11.2. The lowest BCUT2D eigenvalue weighted by Gasteiger charge is -2.13. The number of hydrogen-bond acceptors (Lipinski definition) is 7. The Labute approximate surface area is 318 Å².